The maximum absolute atomic E-state index is 13.5. The van der Waals surface area contributed by atoms with Crippen LogP contribution in [-0.2, 0) is 10.0 Å². The molecule has 10 heteroatoms. The minimum Gasteiger partial charge on any atom is -0.478 e. The first kappa shape index (κ1) is 17.1. The number of hydrogen-bond donors (Lipinski definition) is 2. The monoisotopic (exact) mass is 365 g/mol. The van der Waals surface area contributed by atoms with Crippen molar-refractivity contribution in [1.82, 2.24) is 0 Å². The number of hydrogen-bond acceptors (Lipinski definition) is 3. The lowest BCUT2D eigenvalue weighted by atomic mass is 10.2. The van der Waals surface area contributed by atoms with Crippen molar-refractivity contribution in [3.63, 3.8) is 0 Å². The van der Waals surface area contributed by atoms with Crippen LogP contribution in [-0.4, -0.2) is 19.5 Å². The highest BCUT2D eigenvalue weighted by atomic mass is 35.5. The summed E-state index contributed by atoms with van der Waals surface area (Å²) in [5.74, 6) is -6.51. The largest absolute Gasteiger partial charge is 0.478 e. The van der Waals surface area contributed by atoms with Gasteiger partial charge in [0.25, 0.3) is 10.0 Å². The van der Waals surface area contributed by atoms with E-state index >= 15 is 0 Å². The van der Waals surface area contributed by atoms with Gasteiger partial charge in [-0.05, 0) is 30.3 Å². The molecule has 0 amide bonds. The predicted octanol–water partition coefficient (Wildman–Crippen LogP) is 3.26. The first-order valence-corrected chi connectivity index (χ1v) is 7.69. The second-order valence-corrected chi connectivity index (χ2v) is 6.36. The van der Waals surface area contributed by atoms with Gasteiger partial charge in [0.15, 0.2) is 17.5 Å². The SMILES string of the molecule is O=C(O)c1cc(S(=O)(=O)Nc2ccc(F)c(F)c2F)ccc1Cl. The fourth-order valence-corrected chi connectivity index (χ4v) is 2.93. The molecule has 0 bridgehead atoms. The summed E-state index contributed by atoms with van der Waals surface area (Å²) in [7, 11) is -4.44. The van der Waals surface area contributed by atoms with Gasteiger partial charge in [0.05, 0.1) is 21.2 Å². The van der Waals surface area contributed by atoms with Crippen LogP contribution in [0, 0.1) is 17.5 Å². The number of nitrogens with one attached hydrogen (secondary N) is 1. The van der Waals surface area contributed by atoms with Crippen molar-refractivity contribution in [3.05, 3.63) is 58.4 Å². The first-order valence-electron chi connectivity index (χ1n) is 5.82. The lowest BCUT2D eigenvalue weighted by Crippen LogP contribution is -2.15. The van der Waals surface area contributed by atoms with E-state index < -0.39 is 49.6 Å². The summed E-state index contributed by atoms with van der Waals surface area (Å²) < 4.78 is 65.4. The van der Waals surface area contributed by atoms with E-state index in [1.807, 2.05) is 0 Å². The summed E-state index contributed by atoms with van der Waals surface area (Å²) in [6.45, 7) is 0. The number of carboxylic acid groups (broad SMARTS) is 1. The Morgan fingerprint density at radius 2 is 1.74 bits per heavy atom. The van der Waals surface area contributed by atoms with Gasteiger partial charge in [-0.25, -0.2) is 26.4 Å². The lowest BCUT2D eigenvalue weighted by molar-refractivity contribution is 0.0697. The van der Waals surface area contributed by atoms with Crippen LogP contribution in [0.2, 0.25) is 5.02 Å². The summed E-state index contributed by atoms with van der Waals surface area (Å²) >= 11 is 5.62. The van der Waals surface area contributed by atoms with Crippen LogP contribution in [0.25, 0.3) is 0 Å². The van der Waals surface area contributed by atoms with E-state index in [4.69, 9.17) is 16.7 Å². The third-order valence-electron chi connectivity index (χ3n) is 2.76. The van der Waals surface area contributed by atoms with E-state index in [1.165, 1.54) is 0 Å². The van der Waals surface area contributed by atoms with Crippen LogP contribution in [0.15, 0.2) is 35.2 Å². The highest BCUT2D eigenvalue weighted by molar-refractivity contribution is 7.92. The molecule has 0 atom stereocenters. The molecule has 0 heterocycles. The van der Waals surface area contributed by atoms with Gasteiger partial charge in [0, 0.05) is 0 Å². The molecule has 2 aromatic carbocycles. The molecule has 23 heavy (non-hydrogen) atoms. The average molecular weight is 366 g/mol. The molecule has 122 valence electrons. The molecule has 0 saturated heterocycles. The first-order chi connectivity index (χ1) is 10.6. The summed E-state index contributed by atoms with van der Waals surface area (Å²) in [5, 5.41) is 8.71. The second-order valence-electron chi connectivity index (χ2n) is 4.28. The van der Waals surface area contributed by atoms with Gasteiger partial charge in [-0.15, -0.1) is 0 Å². The normalized spacial score (nSPS) is 11.3. The Morgan fingerprint density at radius 3 is 2.35 bits per heavy atom. The maximum atomic E-state index is 13.5. The molecular weight excluding hydrogens is 359 g/mol. The van der Waals surface area contributed by atoms with E-state index in [9.17, 15) is 26.4 Å². The van der Waals surface area contributed by atoms with Gasteiger partial charge in [-0.3, -0.25) is 4.72 Å². The van der Waals surface area contributed by atoms with Crippen molar-refractivity contribution < 1.29 is 31.5 Å². The lowest BCUT2D eigenvalue weighted by Gasteiger charge is -2.10. The van der Waals surface area contributed by atoms with Crippen molar-refractivity contribution >= 4 is 33.3 Å². The molecule has 2 aromatic rings. The number of sulfonamides is 1. The van der Waals surface area contributed by atoms with Crippen LogP contribution in [0.1, 0.15) is 10.4 Å². The van der Waals surface area contributed by atoms with Gasteiger partial charge < -0.3 is 5.11 Å². The smallest absolute Gasteiger partial charge is 0.337 e. The van der Waals surface area contributed by atoms with E-state index in [0.717, 1.165) is 18.2 Å². The Morgan fingerprint density at radius 1 is 1.09 bits per heavy atom. The molecule has 0 fully saturated rings. The minimum atomic E-state index is -4.44. The van der Waals surface area contributed by atoms with Crippen molar-refractivity contribution in [2.45, 2.75) is 4.90 Å². The van der Waals surface area contributed by atoms with E-state index in [1.54, 1.807) is 4.72 Å². The summed E-state index contributed by atoms with van der Waals surface area (Å²) in [6.07, 6.45) is 0. The van der Waals surface area contributed by atoms with Gasteiger partial charge in [-0.2, -0.15) is 0 Å². The Bertz CT molecular complexity index is 902. The molecule has 2 rings (SSSR count). The molecule has 2 N–H and O–H groups in total. The molecule has 0 radical (unpaired) electrons. The number of rotatable bonds is 4. The van der Waals surface area contributed by atoms with Crippen LogP contribution in [0.5, 0.6) is 0 Å². The van der Waals surface area contributed by atoms with Crippen molar-refractivity contribution in [3.8, 4) is 0 Å². The molecule has 0 aliphatic carbocycles. The van der Waals surface area contributed by atoms with Gasteiger partial charge in [-0.1, -0.05) is 11.6 Å². The third-order valence-corrected chi connectivity index (χ3v) is 4.45. The van der Waals surface area contributed by atoms with E-state index in [0.29, 0.717) is 12.1 Å². The number of aromatic carboxylic acids is 1. The molecule has 0 spiro atoms. The van der Waals surface area contributed by atoms with Gasteiger partial charge in [0.1, 0.15) is 0 Å². The van der Waals surface area contributed by atoms with Crippen molar-refractivity contribution in [2.24, 2.45) is 0 Å². The Labute approximate surface area is 133 Å². The van der Waals surface area contributed by atoms with Crippen molar-refractivity contribution in [1.29, 1.82) is 0 Å². The quantitative estimate of drug-likeness (QED) is 0.815. The number of benzene rings is 2. The van der Waals surface area contributed by atoms with E-state index in [-0.39, 0.29) is 5.02 Å². The highest BCUT2D eigenvalue weighted by Gasteiger charge is 2.22. The van der Waals surface area contributed by atoms with Gasteiger partial charge >= 0.3 is 5.97 Å². The van der Waals surface area contributed by atoms with Crippen LogP contribution in [0.3, 0.4) is 0 Å². The minimum absolute atomic E-state index is 0.199. The molecular formula is C13H7ClF3NO4S. The fourth-order valence-electron chi connectivity index (χ4n) is 1.64. The summed E-state index contributed by atoms with van der Waals surface area (Å²) in [4.78, 5) is 10.4. The number of carbonyl (C=O) groups is 1. The van der Waals surface area contributed by atoms with E-state index in [2.05, 4.69) is 0 Å². The third kappa shape index (κ3) is 3.40. The Hall–Kier alpha value is -2.26. The summed E-state index contributed by atoms with van der Waals surface area (Å²) in [5.41, 5.74) is -1.31. The Balaban J connectivity index is 2.46. The molecule has 0 aliphatic rings. The summed E-state index contributed by atoms with van der Waals surface area (Å²) in [6, 6.07) is 4.00. The topological polar surface area (TPSA) is 83.5 Å². The predicted molar refractivity (Wildman–Crippen MR) is 75.5 cm³/mol. The van der Waals surface area contributed by atoms with Crippen LogP contribution < -0.4 is 4.72 Å². The Kier molecular flexibility index (Phi) is 4.53. The zero-order chi connectivity index (χ0) is 17.4. The maximum Gasteiger partial charge on any atom is 0.337 e. The van der Waals surface area contributed by atoms with Crippen LogP contribution >= 0.6 is 11.6 Å². The average Bonchev–Trinajstić information content (AvgIpc) is 2.48. The number of carboxylic acids is 1. The standard InChI is InChI=1S/C13H7ClF3NO4S/c14-8-2-1-6(5-7(8)13(19)20)23(21,22)18-10-4-3-9(15)11(16)12(10)17/h1-5,18H,(H,19,20). The molecule has 0 unspecified atom stereocenters. The second kappa shape index (κ2) is 6.09. The fraction of sp³-hybridized carbons (Fsp3) is 0. The van der Waals surface area contributed by atoms with Gasteiger partial charge in [0.2, 0.25) is 0 Å². The zero-order valence-corrected chi connectivity index (χ0v) is 12.6. The highest BCUT2D eigenvalue weighted by Crippen LogP contribution is 2.25. The van der Waals surface area contributed by atoms with Crippen LogP contribution in [0.4, 0.5) is 18.9 Å². The number of halogens is 4. The molecule has 0 aromatic heterocycles. The van der Waals surface area contributed by atoms with Crippen molar-refractivity contribution in [2.75, 3.05) is 4.72 Å². The number of anilines is 1. The molecule has 0 aliphatic heterocycles. The molecule has 5 nitrogen and oxygen atoms in total. The molecule has 0 saturated carbocycles. The zero-order valence-electron chi connectivity index (χ0n) is 11.0.